The zero-order chi connectivity index (χ0) is 14.4. The maximum atomic E-state index is 6.26. The van der Waals surface area contributed by atoms with Crippen LogP contribution in [0.25, 0.3) is 0 Å². The van der Waals surface area contributed by atoms with Gasteiger partial charge in [-0.2, -0.15) is 0 Å². The quantitative estimate of drug-likeness (QED) is 0.793. The summed E-state index contributed by atoms with van der Waals surface area (Å²) in [4.78, 5) is 4.36. The zero-order valence-corrected chi connectivity index (χ0v) is 12.6. The van der Waals surface area contributed by atoms with Crippen LogP contribution in [0.15, 0.2) is 36.7 Å². The van der Waals surface area contributed by atoms with Gasteiger partial charge in [0.2, 0.25) is 5.95 Å². The smallest absolute Gasteiger partial charge is 0.203 e. The topological polar surface area (TPSA) is 39.1 Å². The lowest BCUT2D eigenvalue weighted by atomic mass is 10.1. The third-order valence-electron chi connectivity index (χ3n) is 3.25. The molecule has 0 aliphatic rings. The van der Waals surface area contributed by atoms with Crippen molar-refractivity contribution in [1.29, 1.82) is 0 Å². The Balaban J connectivity index is 2.09. The monoisotopic (exact) mass is 293 g/mol. The number of hydrogen-bond acceptors (Lipinski definition) is 3. The number of imidazole rings is 1. The van der Waals surface area contributed by atoms with E-state index >= 15 is 0 Å². The fourth-order valence-corrected chi connectivity index (χ4v) is 2.44. The first-order valence-electron chi connectivity index (χ1n) is 6.74. The predicted octanol–water partition coefficient (Wildman–Crippen LogP) is 3.59. The molecule has 1 atom stereocenters. The van der Waals surface area contributed by atoms with Crippen molar-refractivity contribution in [2.45, 2.75) is 19.4 Å². The van der Waals surface area contributed by atoms with Gasteiger partial charge in [0.1, 0.15) is 0 Å². The number of nitrogens with one attached hydrogen (secondary N) is 1. The molecular formula is C15H20ClN3O. The number of ether oxygens (including phenoxy) is 1. The van der Waals surface area contributed by atoms with Gasteiger partial charge in [-0.1, -0.05) is 29.8 Å². The van der Waals surface area contributed by atoms with Crippen LogP contribution in [0.5, 0.6) is 0 Å². The largest absolute Gasteiger partial charge is 0.385 e. The second kappa shape index (κ2) is 7.31. The molecule has 1 N–H and O–H groups in total. The number of benzene rings is 1. The normalized spacial score (nSPS) is 12.3. The van der Waals surface area contributed by atoms with E-state index in [-0.39, 0.29) is 6.04 Å². The van der Waals surface area contributed by atoms with Crippen molar-refractivity contribution in [2.75, 3.05) is 25.6 Å². The summed E-state index contributed by atoms with van der Waals surface area (Å²) in [6, 6.07) is 8.03. The zero-order valence-electron chi connectivity index (χ0n) is 11.8. The second-order valence-corrected chi connectivity index (χ2v) is 5.04. The molecule has 0 bridgehead atoms. The summed E-state index contributed by atoms with van der Waals surface area (Å²) >= 11 is 6.26. The van der Waals surface area contributed by atoms with Crippen molar-refractivity contribution in [3.63, 3.8) is 0 Å². The molecule has 0 amide bonds. The maximum Gasteiger partial charge on any atom is 0.203 e. The van der Waals surface area contributed by atoms with Crippen molar-refractivity contribution in [3.8, 4) is 0 Å². The highest BCUT2D eigenvalue weighted by Crippen LogP contribution is 2.27. The number of halogens is 1. The molecule has 0 radical (unpaired) electrons. The average Bonchev–Trinajstić information content (AvgIpc) is 2.92. The van der Waals surface area contributed by atoms with E-state index in [1.54, 1.807) is 13.3 Å². The molecule has 0 aliphatic carbocycles. The Bertz CT molecular complexity index is 541. The number of methoxy groups -OCH3 is 1. The summed E-state index contributed by atoms with van der Waals surface area (Å²) in [6.45, 7) is 3.69. The Kier molecular flexibility index (Phi) is 5.44. The Morgan fingerprint density at radius 1 is 1.40 bits per heavy atom. The van der Waals surface area contributed by atoms with Crippen molar-refractivity contribution in [2.24, 2.45) is 0 Å². The van der Waals surface area contributed by atoms with E-state index < -0.39 is 0 Å². The molecule has 0 fully saturated rings. The van der Waals surface area contributed by atoms with Crippen LogP contribution in [0, 0.1) is 0 Å². The Labute approximate surface area is 124 Å². The van der Waals surface area contributed by atoms with E-state index in [0.29, 0.717) is 0 Å². The van der Waals surface area contributed by atoms with E-state index in [1.165, 1.54) is 0 Å². The molecule has 0 saturated heterocycles. The van der Waals surface area contributed by atoms with Crippen molar-refractivity contribution in [1.82, 2.24) is 9.55 Å². The summed E-state index contributed by atoms with van der Waals surface area (Å²) < 4.78 is 7.13. The maximum absolute atomic E-state index is 6.26. The van der Waals surface area contributed by atoms with Crippen LogP contribution in [0.3, 0.4) is 0 Å². The van der Waals surface area contributed by atoms with Gasteiger partial charge in [-0.3, -0.25) is 0 Å². The minimum absolute atomic E-state index is 0.135. The van der Waals surface area contributed by atoms with E-state index in [2.05, 4.69) is 21.8 Å². The summed E-state index contributed by atoms with van der Waals surface area (Å²) in [5.41, 5.74) is 1.09. The highest BCUT2D eigenvalue weighted by Gasteiger charge is 2.14. The first kappa shape index (κ1) is 14.9. The van der Waals surface area contributed by atoms with E-state index in [4.69, 9.17) is 16.3 Å². The summed E-state index contributed by atoms with van der Waals surface area (Å²) in [5, 5.41) is 4.10. The number of nitrogens with zero attached hydrogens (tertiary/aromatic N) is 2. The van der Waals surface area contributed by atoms with Crippen LogP contribution >= 0.6 is 11.6 Å². The lowest BCUT2D eigenvalue weighted by Crippen LogP contribution is -2.13. The molecule has 1 heterocycles. The molecule has 2 aromatic rings. The molecule has 1 aromatic heterocycles. The van der Waals surface area contributed by atoms with Gasteiger partial charge in [0.25, 0.3) is 0 Å². The SMILES string of the molecule is COCCCNc1nccn1C(C)c1ccccc1Cl. The lowest BCUT2D eigenvalue weighted by Gasteiger charge is -2.18. The molecule has 0 spiro atoms. The van der Waals surface area contributed by atoms with Gasteiger partial charge < -0.3 is 14.6 Å². The fourth-order valence-electron chi connectivity index (χ4n) is 2.14. The molecule has 0 saturated carbocycles. The standard InChI is InChI=1S/C15H20ClN3O/c1-12(13-6-3-4-7-14(13)16)19-10-9-18-15(19)17-8-5-11-20-2/h3-4,6-7,9-10,12H,5,8,11H2,1-2H3,(H,17,18). The molecule has 108 valence electrons. The Morgan fingerprint density at radius 3 is 2.95 bits per heavy atom. The van der Waals surface area contributed by atoms with Crippen LogP contribution < -0.4 is 5.32 Å². The number of aromatic nitrogens is 2. The van der Waals surface area contributed by atoms with Crippen LogP contribution in [0.1, 0.15) is 24.9 Å². The third-order valence-corrected chi connectivity index (χ3v) is 3.59. The Hall–Kier alpha value is -1.52. The first-order valence-corrected chi connectivity index (χ1v) is 7.12. The van der Waals surface area contributed by atoms with Crippen molar-refractivity contribution < 1.29 is 4.74 Å². The van der Waals surface area contributed by atoms with Gasteiger partial charge in [0, 0.05) is 37.7 Å². The van der Waals surface area contributed by atoms with Gasteiger partial charge in [-0.15, -0.1) is 0 Å². The van der Waals surface area contributed by atoms with Gasteiger partial charge in [-0.05, 0) is 25.0 Å². The van der Waals surface area contributed by atoms with Crippen LogP contribution in [0.2, 0.25) is 5.02 Å². The first-order chi connectivity index (χ1) is 9.74. The minimum Gasteiger partial charge on any atom is -0.385 e. The molecule has 1 unspecified atom stereocenters. The third kappa shape index (κ3) is 3.52. The van der Waals surface area contributed by atoms with Crippen LogP contribution in [-0.2, 0) is 4.74 Å². The second-order valence-electron chi connectivity index (χ2n) is 4.63. The van der Waals surface area contributed by atoms with E-state index in [1.807, 2.05) is 30.5 Å². The number of rotatable bonds is 7. The van der Waals surface area contributed by atoms with Gasteiger partial charge in [0.15, 0.2) is 0 Å². The molecule has 1 aromatic carbocycles. The molecule has 5 heteroatoms. The molecule has 4 nitrogen and oxygen atoms in total. The molecular weight excluding hydrogens is 274 g/mol. The summed E-state index contributed by atoms with van der Waals surface area (Å²) in [7, 11) is 1.71. The average molecular weight is 294 g/mol. The highest BCUT2D eigenvalue weighted by molar-refractivity contribution is 6.31. The number of anilines is 1. The molecule has 0 aliphatic heterocycles. The summed E-state index contributed by atoms with van der Waals surface area (Å²) in [5.74, 6) is 0.855. The van der Waals surface area contributed by atoms with E-state index in [0.717, 1.165) is 36.1 Å². The highest BCUT2D eigenvalue weighted by atomic mass is 35.5. The van der Waals surface area contributed by atoms with E-state index in [9.17, 15) is 0 Å². The summed E-state index contributed by atoms with van der Waals surface area (Å²) in [6.07, 6.45) is 4.71. The predicted molar refractivity (Wildman–Crippen MR) is 82.5 cm³/mol. The van der Waals surface area contributed by atoms with Crippen molar-refractivity contribution >= 4 is 17.5 Å². The minimum atomic E-state index is 0.135. The Morgan fingerprint density at radius 2 is 2.20 bits per heavy atom. The van der Waals surface area contributed by atoms with Gasteiger partial charge in [0.05, 0.1) is 6.04 Å². The fraction of sp³-hybridized carbons (Fsp3) is 0.400. The lowest BCUT2D eigenvalue weighted by molar-refractivity contribution is 0.197. The molecule has 20 heavy (non-hydrogen) atoms. The van der Waals surface area contributed by atoms with Crippen LogP contribution in [-0.4, -0.2) is 29.8 Å². The van der Waals surface area contributed by atoms with Crippen molar-refractivity contribution in [3.05, 3.63) is 47.2 Å². The van der Waals surface area contributed by atoms with Gasteiger partial charge in [-0.25, -0.2) is 4.98 Å². The molecule has 2 rings (SSSR count). The van der Waals surface area contributed by atoms with Crippen LogP contribution in [0.4, 0.5) is 5.95 Å². The van der Waals surface area contributed by atoms with Gasteiger partial charge >= 0.3 is 0 Å². The number of hydrogen-bond donors (Lipinski definition) is 1.